The van der Waals surface area contributed by atoms with Crippen molar-refractivity contribution in [3.63, 3.8) is 0 Å². The van der Waals surface area contributed by atoms with Crippen molar-refractivity contribution < 1.29 is 9.90 Å². The van der Waals surface area contributed by atoms with Gasteiger partial charge in [0, 0.05) is 28.4 Å². The molecule has 0 spiro atoms. The molecular weight excluding hydrogens is 410 g/mol. The topological polar surface area (TPSA) is 84.1 Å². The normalized spacial score (nSPS) is 21.3. The largest absolute Gasteiger partial charge is 0.465 e. The maximum Gasteiger partial charge on any atom is 0.408 e. The summed E-state index contributed by atoms with van der Waals surface area (Å²) in [5, 5.41) is 22.3. The average Bonchev–Trinajstić information content (AvgIpc) is 3.35. The number of halogens is 1. The molecule has 29 heavy (non-hydrogen) atoms. The number of aromatic nitrogens is 4. The molecule has 0 saturated heterocycles. The van der Waals surface area contributed by atoms with E-state index in [9.17, 15) is 9.90 Å². The van der Waals surface area contributed by atoms with Crippen molar-refractivity contribution >= 4 is 29.0 Å². The zero-order valence-electron chi connectivity index (χ0n) is 15.7. The van der Waals surface area contributed by atoms with Crippen LogP contribution in [0.5, 0.6) is 0 Å². The zero-order valence-corrected chi connectivity index (χ0v) is 17.2. The summed E-state index contributed by atoms with van der Waals surface area (Å²) < 4.78 is 2.06. The molecule has 1 fully saturated rings. The van der Waals surface area contributed by atoms with Crippen molar-refractivity contribution in [2.24, 2.45) is 0 Å². The fourth-order valence-electron chi connectivity index (χ4n) is 4.46. The first kappa shape index (κ1) is 18.6. The van der Waals surface area contributed by atoms with E-state index in [4.69, 9.17) is 11.6 Å². The molecule has 3 aromatic rings. The maximum absolute atomic E-state index is 11.7. The molecule has 0 unspecified atom stereocenters. The highest BCUT2D eigenvalue weighted by atomic mass is 35.5. The highest BCUT2D eigenvalue weighted by Gasteiger charge is 2.32. The van der Waals surface area contributed by atoms with Gasteiger partial charge in [0.2, 0.25) is 0 Å². The Morgan fingerprint density at radius 2 is 1.93 bits per heavy atom. The Morgan fingerprint density at radius 3 is 2.66 bits per heavy atom. The zero-order chi connectivity index (χ0) is 20.0. The summed E-state index contributed by atoms with van der Waals surface area (Å²) in [6.45, 7) is 0.494. The van der Waals surface area contributed by atoms with Crippen molar-refractivity contribution in [3.8, 4) is 5.69 Å². The fraction of sp³-hybridized carbons (Fsp3) is 0.400. The van der Waals surface area contributed by atoms with E-state index in [1.807, 2.05) is 29.8 Å². The van der Waals surface area contributed by atoms with Crippen LogP contribution in [0.4, 0.5) is 4.79 Å². The number of fused-ring (bicyclic) bond motifs is 3. The molecule has 1 aliphatic carbocycles. The van der Waals surface area contributed by atoms with Gasteiger partial charge in [-0.1, -0.05) is 11.6 Å². The summed E-state index contributed by atoms with van der Waals surface area (Å²) in [7, 11) is 0. The lowest BCUT2D eigenvalue weighted by atomic mass is 9.82. The molecule has 0 atom stereocenters. The molecular formula is C20H20ClN5O2S. The summed E-state index contributed by atoms with van der Waals surface area (Å²) in [4.78, 5) is 17.5. The van der Waals surface area contributed by atoms with Gasteiger partial charge < -0.3 is 5.11 Å². The van der Waals surface area contributed by atoms with Gasteiger partial charge in [-0.15, -0.1) is 21.5 Å². The number of hydrogen-bond acceptors (Lipinski definition) is 5. The van der Waals surface area contributed by atoms with Crippen molar-refractivity contribution in [2.45, 2.75) is 50.6 Å². The van der Waals surface area contributed by atoms with Gasteiger partial charge in [-0.2, -0.15) is 0 Å². The van der Waals surface area contributed by atoms with E-state index in [2.05, 4.69) is 19.7 Å². The molecule has 1 amide bonds. The lowest BCUT2D eigenvalue weighted by molar-refractivity contribution is 0.139. The van der Waals surface area contributed by atoms with Crippen LogP contribution < -0.4 is 0 Å². The Morgan fingerprint density at radius 1 is 1.14 bits per heavy atom. The second-order valence-electron chi connectivity index (χ2n) is 7.64. The number of nitrogens with zero attached hydrogens (tertiary/aromatic N) is 5. The predicted octanol–water partition coefficient (Wildman–Crippen LogP) is 4.81. The van der Waals surface area contributed by atoms with E-state index < -0.39 is 6.09 Å². The van der Waals surface area contributed by atoms with E-state index in [0.29, 0.717) is 22.7 Å². The van der Waals surface area contributed by atoms with E-state index >= 15 is 0 Å². The molecule has 2 aromatic heterocycles. The fourth-order valence-corrected chi connectivity index (χ4v) is 5.47. The van der Waals surface area contributed by atoms with Crippen molar-refractivity contribution in [3.05, 3.63) is 57.0 Å². The van der Waals surface area contributed by atoms with Gasteiger partial charge in [-0.3, -0.25) is 9.47 Å². The van der Waals surface area contributed by atoms with Crippen LogP contribution >= 0.6 is 22.9 Å². The molecule has 1 aliphatic heterocycles. The molecule has 2 aliphatic rings. The highest BCUT2D eigenvalue weighted by molar-refractivity contribution is 7.09. The van der Waals surface area contributed by atoms with Crippen LogP contribution in [-0.2, 0) is 13.1 Å². The third-order valence-electron chi connectivity index (χ3n) is 5.89. The second-order valence-corrected chi connectivity index (χ2v) is 9.00. The maximum atomic E-state index is 11.7. The SMILES string of the molecule is O=C(O)N1Cc2cc(Cl)ccc2-n2c(nnc2C2CCC(c3nccs3)CC2)C1. The van der Waals surface area contributed by atoms with Gasteiger partial charge in [0.25, 0.3) is 0 Å². The van der Waals surface area contributed by atoms with Crippen molar-refractivity contribution in [2.75, 3.05) is 0 Å². The van der Waals surface area contributed by atoms with Crippen molar-refractivity contribution in [1.29, 1.82) is 0 Å². The van der Waals surface area contributed by atoms with Gasteiger partial charge >= 0.3 is 6.09 Å². The van der Waals surface area contributed by atoms with Gasteiger partial charge in [0.1, 0.15) is 5.82 Å². The minimum absolute atomic E-state index is 0.211. The molecule has 1 N–H and O–H groups in total. The molecule has 1 aromatic carbocycles. The molecule has 0 bridgehead atoms. The number of amides is 1. The van der Waals surface area contributed by atoms with Crippen LogP contribution in [0.15, 0.2) is 29.8 Å². The number of benzene rings is 1. The monoisotopic (exact) mass is 429 g/mol. The Labute approximate surface area is 177 Å². The quantitative estimate of drug-likeness (QED) is 0.631. The summed E-state index contributed by atoms with van der Waals surface area (Å²) in [6.07, 6.45) is 5.10. The van der Waals surface area contributed by atoms with Gasteiger partial charge in [0.15, 0.2) is 5.82 Å². The Kier molecular flexibility index (Phi) is 4.75. The molecule has 3 heterocycles. The van der Waals surface area contributed by atoms with E-state index in [0.717, 1.165) is 42.8 Å². The van der Waals surface area contributed by atoms with Crippen LogP contribution in [0.2, 0.25) is 5.02 Å². The van der Waals surface area contributed by atoms with Gasteiger partial charge in [-0.25, -0.2) is 9.78 Å². The first-order valence-corrected chi connectivity index (χ1v) is 11.0. The Hall–Kier alpha value is -2.45. The summed E-state index contributed by atoms with van der Waals surface area (Å²) in [5.41, 5.74) is 1.80. The van der Waals surface area contributed by atoms with E-state index in [1.165, 1.54) is 9.91 Å². The van der Waals surface area contributed by atoms with Crippen LogP contribution in [0, 0.1) is 0 Å². The predicted molar refractivity (Wildman–Crippen MR) is 110 cm³/mol. The summed E-state index contributed by atoms with van der Waals surface area (Å²) >= 11 is 7.93. The lowest BCUT2D eigenvalue weighted by Gasteiger charge is -2.27. The minimum atomic E-state index is -0.974. The summed E-state index contributed by atoms with van der Waals surface area (Å²) in [5.74, 6) is 2.40. The molecule has 0 radical (unpaired) electrons. The lowest BCUT2D eigenvalue weighted by Crippen LogP contribution is -2.27. The first-order valence-electron chi connectivity index (χ1n) is 9.70. The van der Waals surface area contributed by atoms with Crippen LogP contribution in [0.25, 0.3) is 5.69 Å². The molecule has 9 heteroatoms. The standard InChI is InChI=1S/C20H20ClN5O2S/c21-15-5-6-16-14(9-15)10-25(20(27)28)11-17-23-24-18(26(16)17)12-1-3-13(4-2-12)19-22-7-8-29-19/h5-9,12-13H,1-4,10-11H2,(H,27,28). The molecule has 7 nitrogen and oxygen atoms in total. The number of hydrogen-bond donors (Lipinski definition) is 1. The Bertz CT molecular complexity index is 1040. The van der Waals surface area contributed by atoms with E-state index in [1.54, 1.807) is 11.3 Å². The third-order valence-corrected chi connectivity index (χ3v) is 7.07. The molecule has 150 valence electrons. The number of carbonyl (C=O) groups is 1. The third kappa shape index (κ3) is 3.40. The number of carboxylic acid groups (broad SMARTS) is 1. The van der Waals surface area contributed by atoms with Crippen LogP contribution in [0.1, 0.15) is 59.7 Å². The van der Waals surface area contributed by atoms with Gasteiger partial charge in [-0.05, 0) is 49.4 Å². The molecule has 1 saturated carbocycles. The van der Waals surface area contributed by atoms with Crippen LogP contribution in [0.3, 0.4) is 0 Å². The van der Waals surface area contributed by atoms with Crippen molar-refractivity contribution in [1.82, 2.24) is 24.6 Å². The second kappa shape index (κ2) is 7.42. The molecule has 5 rings (SSSR count). The van der Waals surface area contributed by atoms with E-state index in [-0.39, 0.29) is 13.1 Å². The summed E-state index contributed by atoms with van der Waals surface area (Å²) in [6, 6.07) is 5.62. The highest BCUT2D eigenvalue weighted by Crippen LogP contribution is 2.41. The van der Waals surface area contributed by atoms with Crippen LogP contribution in [-0.4, -0.2) is 35.8 Å². The number of thiazole rings is 1. The van der Waals surface area contributed by atoms with Gasteiger partial charge in [0.05, 0.1) is 23.8 Å². The smallest absolute Gasteiger partial charge is 0.408 e. The average molecular weight is 430 g/mol. The number of rotatable bonds is 2. The first-order chi connectivity index (χ1) is 14.1. The Balaban J connectivity index is 1.49. The minimum Gasteiger partial charge on any atom is -0.465 e.